The van der Waals surface area contributed by atoms with E-state index in [1.807, 2.05) is 30.3 Å². The molecule has 3 N–H and O–H groups in total. The molecule has 1 aromatic carbocycles. The summed E-state index contributed by atoms with van der Waals surface area (Å²) in [6, 6.07) is 8.64. The Hall–Kier alpha value is -1.45. The third kappa shape index (κ3) is 3.29. The van der Waals surface area contributed by atoms with Gasteiger partial charge in [-0.15, -0.1) is 0 Å². The van der Waals surface area contributed by atoms with Crippen LogP contribution in [0.4, 0.5) is 0 Å². The van der Waals surface area contributed by atoms with Crippen LogP contribution in [0.3, 0.4) is 0 Å². The van der Waals surface area contributed by atoms with Crippen molar-refractivity contribution in [1.82, 2.24) is 0 Å². The molecule has 0 aliphatic rings. The highest BCUT2D eigenvalue weighted by atomic mass is 16.3. The molecule has 3 nitrogen and oxygen atoms in total. The Morgan fingerprint density at radius 1 is 1.44 bits per heavy atom. The number of benzene rings is 1. The molecule has 1 rings (SSSR count). The summed E-state index contributed by atoms with van der Waals surface area (Å²) in [6.45, 7) is 2.90. The van der Waals surface area contributed by atoms with E-state index < -0.39 is 11.6 Å². The molecule has 0 fully saturated rings. The molecule has 0 aliphatic heterocycles. The summed E-state index contributed by atoms with van der Waals surface area (Å²) in [5.74, 6) is -0.234. The van der Waals surface area contributed by atoms with Gasteiger partial charge in [-0.2, -0.15) is 0 Å². The van der Waals surface area contributed by atoms with Crippen molar-refractivity contribution in [2.45, 2.75) is 25.5 Å². The van der Waals surface area contributed by atoms with Crippen LogP contribution in [0.2, 0.25) is 0 Å². The fourth-order valence-electron chi connectivity index (χ4n) is 1.34. The number of aliphatic hydroxyl groups is 1. The van der Waals surface area contributed by atoms with Crippen molar-refractivity contribution in [3.63, 3.8) is 0 Å². The van der Waals surface area contributed by atoms with Crippen LogP contribution in [0.15, 0.2) is 36.4 Å². The first kappa shape index (κ1) is 12.6. The Bertz CT molecular complexity index is 382. The Morgan fingerprint density at radius 2 is 2.00 bits per heavy atom. The van der Waals surface area contributed by atoms with E-state index in [2.05, 4.69) is 0 Å². The second kappa shape index (κ2) is 5.05. The normalized spacial score (nSPS) is 17.0. The van der Waals surface area contributed by atoms with Gasteiger partial charge in [0.25, 0.3) is 0 Å². The van der Waals surface area contributed by atoms with Gasteiger partial charge >= 0.3 is 0 Å². The number of hydrogen-bond donors (Lipinski definition) is 2. The molecule has 0 heterocycles. The fraction of sp³-hybridized carbons (Fsp3) is 0.308. The Morgan fingerprint density at radius 3 is 2.50 bits per heavy atom. The average Bonchev–Trinajstić information content (AvgIpc) is 2.27. The van der Waals surface area contributed by atoms with Crippen LogP contribution in [-0.4, -0.2) is 22.5 Å². The van der Waals surface area contributed by atoms with Crippen LogP contribution in [0, 0.1) is 0 Å². The van der Waals surface area contributed by atoms with Gasteiger partial charge < -0.3 is 10.8 Å². The highest BCUT2D eigenvalue weighted by Crippen LogP contribution is 2.13. The van der Waals surface area contributed by atoms with E-state index in [-0.39, 0.29) is 5.78 Å². The number of nitrogens with two attached hydrogens (primary N) is 1. The summed E-state index contributed by atoms with van der Waals surface area (Å²) in [6.07, 6.45) is 3.30. The Balaban J connectivity index is 2.80. The lowest BCUT2D eigenvalue weighted by atomic mass is 9.93. The van der Waals surface area contributed by atoms with Gasteiger partial charge in [-0.05, 0) is 19.4 Å². The van der Waals surface area contributed by atoms with Crippen LogP contribution in [0.5, 0.6) is 0 Å². The maximum atomic E-state index is 11.1. The molecule has 0 spiro atoms. The highest BCUT2D eigenvalue weighted by molar-refractivity contribution is 5.83. The van der Waals surface area contributed by atoms with Gasteiger partial charge in [-0.25, -0.2) is 0 Å². The van der Waals surface area contributed by atoms with E-state index in [1.54, 1.807) is 12.2 Å². The molecule has 0 aromatic heterocycles. The van der Waals surface area contributed by atoms with E-state index in [0.717, 1.165) is 5.56 Å². The number of carbonyl (C=O) groups excluding carboxylic acids is 1. The fourth-order valence-corrected chi connectivity index (χ4v) is 1.34. The molecule has 0 amide bonds. The summed E-state index contributed by atoms with van der Waals surface area (Å²) >= 11 is 0. The van der Waals surface area contributed by atoms with E-state index >= 15 is 0 Å². The summed E-state index contributed by atoms with van der Waals surface area (Å²) in [5.41, 5.74) is 5.25. The molecule has 3 heteroatoms. The third-order valence-electron chi connectivity index (χ3n) is 2.48. The molecule has 0 unspecified atom stereocenters. The molecule has 0 saturated carbocycles. The molecule has 0 radical (unpaired) electrons. The minimum Gasteiger partial charge on any atom is -0.384 e. The van der Waals surface area contributed by atoms with Crippen LogP contribution >= 0.6 is 0 Å². The monoisotopic (exact) mass is 219 g/mol. The van der Waals surface area contributed by atoms with Gasteiger partial charge in [-0.3, -0.25) is 4.79 Å². The second-order valence-electron chi connectivity index (χ2n) is 4.06. The minimum absolute atomic E-state index is 0.234. The van der Waals surface area contributed by atoms with E-state index in [4.69, 9.17) is 5.73 Å². The highest BCUT2D eigenvalue weighted by Gasteiger charge is 2.29. The topological polar surface area (TPSA) is 63.3 Å². The summed E-state index contributed by atoms with van der Waals surface area (Å²) in [7, 11) is 0. The van der Waals surface area contributed by atoms with E-state index in [0.29, 0.717) is 0 Å². The molecule has 1 aromatic rings. The van der Waals surface area contributed by atoms with Gasteiger partial charge in [-0.1, -0.05) is 42.5 Å². The average molecular weight is 219 g/mol. The van der Waals surface area contributed by atoms with Crippen molar-refractivity contribution in [1.29, 1.82) is 0 Å². The standard InChI is InChI=1S/C13H17NO2/c1-10(15)12(14)13(2,16)9-8-11-6-4-3-5-7-11/h3-9,12,16H,14H2,1-2H3/b9-8+/t12-,13-/m1/s1. The molecule has 0 saturated heterocycles. The number of hydrogen-bond acceptors (Lipinski definition) is 3. The van der Waals surface area contributed by atoms with Gasteiger partial charge in [0.05, 0.1) is 6.04 Å². The molecular formula is C13H17NO2. The van der Waals surface area contributed by atoms with Crippen LogP contribution in [0.25, 0.3) is 6.08 Å². The lowest BCUT2D eigenvalue weighted by Gasteiger charge is -2.24. The zero-order valence-electron chi connectivity index (χ0n) is 9.55. The number of rotatable bonds is 4. The molecule has 86 valence electrons. The molecule has 16 heavy (non-hydrogen) atoms. The Labute approximate surface area is 95.6 Å². The zero-order valence-corrected chi connectivity index (χ0v) is 9.55. The second-order valence-corrected chi connectivity index (χ2v) is 4.06. The molecule has 0 bridgehead atoms. The van der Waals surface area contributed by atoms with Crippen LogP contribution < -0.4 is 5.73 Å². The smallest absolute Gasteiger partial charge is 0.149 e. The largest absolute Gasteiger partial charge is 0.384 e. The number of ketones is 1. The van der Waals surface area contributed by atoms with Crippen molar-refractivity contribution in [3.8, 4) is 0 Å². The zero-order chi connectivity index (χ0) is 12.2. The molecular weight excluding hydrogens is 202 g/mol. The summed E-state index contributed by atoms with van der Waals surface area (Å²) in [4.78, 5) is 11.1. The van der Waals surface area contributed by atoms with E-state index in [9.17, 15) is 9.90 Å². The van der Waals surface area contributed by atoms with Crippen molar-refractivity contribution >= 4 is 11.9 Å². The van der Waals surface area contributed by atoms with Crippen molar-refractivity contribution in [3.05, 3.63) is 42.0 Å². The van der Waals surface area contributed by atoms with Gasteiger partial charge in [0.1, 0.15) is 11.4 Å². The predicted octanol–water partition coefficient (Wildman–Crippen LogP) is 1.37. The number of carbonyl (C=O) groups is 1. The first-order valence-electron chi connectivity index (χ1n) is 5.16. The van der Waals surface area contributed by atoms with Crippen LogP contribution in [0.1, 0.15) is 19.4 Å². The molecule has 0 aliphatic carbocycles. The lowest BCUT2D eigenvalue weighted by molar-refractivity contribution is -0.121. The first-order valence-corrected chi connectivity index (χ1v) is 5.16. The Kier molecular flexibility index (Phi) is 3.99. The van der Waals surface area contributed by atoms with Gasteiger partial charge in [0.15, 0.2) is 0 Å². The van der Waals surface area contributed by atoms with Crippen LogP contribution in [-0.2, 0) is 4.79 Å². The summed E-state index contributed by atoms with van der Waals surface area (Å²) < 4.78 is 0. The van der Waals surface area contributed by atoms with Crippen molar-refractivity contribution in [2.24, 2.45) is 5.73 Å². The first-order chi connectivity index (χ1) is 7.43. The molecule has 2 atom stereocenters. The van der Waals surface area contributed by atoms with Gasteiger partial charge in [0, 0.05) is 0 Å². The van der Waals surface area contributed by atoms with E-state index in [1.165, 1.54) is 13.8 Å². The SMILES string of the molecule is CC(=O)[C@@H](N)[C@](C)(O)/C=C/c1ccccc1. The van der Waals surface area contributed by atoms with Crippen molar-refractivity contribution in [2.75, 3.05) is 0 Å². The predicted molar refractivity (Wildman–Crippen MR) is 64.8 cm³/mol. The van der Waals surface area contributed by atoms with Crippen molar-refractivity contribution < 1.29 is 9.90 Å². The lowest BCUT2D eigenvalue weighted by Crippen LogP contribution is -2.48. The number of Topliss-reactive ketones (excluding diaryl/α,β-unsaturated/α-hetero) is 1. The minimum atomic E-state index is -1.32. The maximum absolute atomic E-state index is 11.1. The summed E-state index contributed by atoms with van der Waals surface area (Å²) in [5, 5.41) is 9.98. The third-order valence-corrected chi connectivity index (χ3v) is 2.48. The quantitative estimate of drug-likeness (QED) is 0.803. The maximum Gasteiger partial charge on any atom is 0.149 e. The van der Waals surface area contributed by atoms with Gasteiger partial charge in [0.2, 0.25) is 0 Å².